The molecule has 1 aromatic rings. The number of methoxy groups -OCH3 is 1. The Morgan fingerprint density at radius 3 is 2.26 bits per heavy atom. The van der Waals surface area contributed by atoms with Crippen LogP contribution in [0, 0.1) is 0 Å². The van der Waals surface area contributed by atoms with Gasteiger partial charge >= 0.3 is 5.97 Å². The molecule has 0 saturated carbocycles. The largest absolute Gasteiger partial charge is 0.465 e. The maximum atomic E-state index is 11.8. The third-order valence-electron chi connectivity index (χ3n) is 2.99. The van der Waals surface area contributed by atoms with Crippen LogP contribution < -0.4 is 0 Å². The molecule has 0 aliphatic heterocycles. The van der Waals surface area contributed by atoms with Gasteiger partial charge in [0.05, 0.1) is 17.6 Å². The summed E-state index contributed by atoms with van der Waals surface area (Å²) >= 11 is 0. The summed E-state index contributed by atoms with van der Waals surface area (Å²) in [5.74, 6) is -0.490. The number of hydrogen-bond acceptors (Lipinski definition) is 4. The Bertz CT molecular complexity index is 573. The summed E-state index contributed by atoms with van der Waals surface area (Å²) in [4.78, 5) is 12.0. The summed E-state index contributed by atoms with van der Waals surface area (Å²) in [6.07, 6.45) is 3.37. The van der Waals surface area contributed by atoms with Gasteiger partial charge in [0, 0.05) is 6.26 Å². The third-order valence-corrected chi connectivity index (χ3v) is 4.17. The number of ether oxygens (including phenoxy) is 1. The first kappa shape index (κ1) is 15.7. The average Bonchev–Trinajstić information content (AvgIpc) is 2.36. The Hall–Kier alpha value is -1.36. The second-order valence-corrected chi connectivity index (χ2v) is 6.47. The lowest BCUT2D eigenvalue weighted by molar-refractivity contribution is 0.0599. The van der Waals surface area contributed by atoms with Gasteiger partial charge in [0.2, 0.25) is 0 Å². The van der Waals surface area contributed by atoms with E-state index in [0.29, 0.717) is 12.0 Å². The highest BCUT2D eigenvalue weighted by atomic mass is 32.2. The van der Waals surface area contributed by atoms with Gasteiger partial charge in [-0.3, -0.25) is 0 Å². The van der Waals surface area contributed by atoms with Crippen molar-refractivity contribution in [2.75, 3.05) is 13.4 Å². The van der Waals surface area contributed by atoms with Crippen LogP contribution in [0.3, 0.4) is 0 Å². The number of hydrogen-bond donors (Lipinski definition) is 0. The van der Waals surface area contributed by atoms with Gasteiger partial charge in [0.1, 0.15) is 0 Å². The molecule has 0 spiro atoms. The molecular formula is C14H20O4S. The second kappa shape index (κ2) is 6.19. The zero-order valence-corrected chi connectivity index (χ0v) is 12.6. The van der Waals surface area contributed by atoms with Gasteiger partial charge in [-0.25, -0.2) is 13.2 Å². The number of carbonyl (C=O) groups is 1. The van der Waals surface area contributed by atoms with Crippen LogP contribution in [0.2, 0.25) is 0 Å². The molecule has 19 heavy (non-hydrogen) atoms. The van der Waals surface area contributed by atoms with Gasteiger partial charge in [0.25, 0.3) is 0 Å². The van der Waals surface area contributed by atoms with Crippen molar-refractivity contribution in [2.45, 2.75) is 38.0 Å². The first-order valence-electron chi connectivity index (χ1n) is 6.29. The van der Waals surface area contributed by atoms with Crippen LogP contribution in [-0.2, 0) is 27.4 Å². The molecule has 106 valence electrons. The highest BCUT2D eigenvalue weighted by Gasteiger charge is 2.19. The highest BCUT2D eigenvalue weighted by molar-refractivity contribution is 7.90. The maximum absolute atomic E-state index is 11.8. The predicted octanol–water partition coefficient (Wildman–Crippen LogP) is 2.39. The number of esters is 1. The van der Waals surface area contributed by atoms with Crippen LogP contribution in [-0.4, -0.2) is 27.8 Å². The lowest BCUT2D eigenvalue weighted by atomic mass is 9.99. The summed E-state index contributed by atoms with van der Waals surface area (Å²) in [6, 6.07) is 3.26. The van der Waals surface area contributed by atoms with Crippen molar-refractivity contribution in [3.05, 3.63) is 28.8 Å². The van der Waals surface area contributed by atoms with Crippen molar-refractivity contribution in [3.63, 3.8) is 0 Å². The first-order chi connectivity index (χ1) is 8.85. The van der Waals surface area contributed by atoms with E-state index in [9.17, 15) is 13.2 Å². The van der Waals surface area contributed by atoms with Crippen molar-refractivity contribution in [3.8, 4) is 0 Å². The quantitative estimate of drug-likeness (QED) is 0.779. The molecule has 1 aromatic carbocycles. The van der Waals surface area contributed by atoms with Crippen LogP contribution in [0.15, 0.2) is 17.0 Å². The van der Waals surface area contributed by atoms with E-state index in [1.165, 1.54) is 13.2 Å². The fourth-order valence-corrected chi connectivity index (χ4v) is 3.08. The molecule has 0 fully saturated rings. The number of sulfone groups is 1. The molecule has 1 rings (SSSR count). The summed E-state index contributed by atoms with van der Waals surface area (Å²) < 4.78 is 28.3. The maximum Gasteiger partial charge on any atom is 0.338 e. The monoisotopic (exact) mass is 284 g/mol. The molecule has 5 heteroatoms. The fourth-order valence-electron chi connectivity index (χ4n) is 2.07. The lowest BCUT2D eigenvalue weighted by Crippen LogP contribution is -2.11. The normalized spacial score (nSPS) is 11.4. The molecule has 0 amide bonds. The van der Waals surface area contributed by atoms with E-state index in [0.717, 1.165) is 30.2 Å². The fraction of sp³-hybridized carbons (Fsp3) is 0.500. The van der Waals surface area contributed by atoms with Crippen molar-refractivity contribution < 1.29 is 17.9 Å². The number of rotatable bonds is 5. The molecule has 0 heterocycles. The number of aryl methyl sites for hydroxylation is 2. The average molecular weight is 284 g/mol. The van der Waals surface area contributed by atoms with Gasteiger partial charge < -0.3 is 4.74 Å². The van der Waals surface area contributed by atoms with Crippen LogP contribution in [0.1, 0.15) is 41.8 Å². The van der Waals surface area contributed by atoms with E-state index in [1.807, 2.05) is 19.9 Å². The van der Waals surface area contributed by atoms with Gasteiger partial charge in [-0.05, 0) is 30.0 Å². The zero-order chi connectivity index (χ0) is 14.6. The van der Waals surface area contributed by atoms with Crippen LogP contribution in [0.25, 0.3) is 0 Å². The molecule has 0 atom stereocenters. The smallest absolute Gasteiger partial charge is 0.338 e. The molecule has 4 nitrogen and oxygen atoms in total. The van der Waals surface area contributed by atoms with Crippen molar-refractivity contribution in [1.29, 1.82) is 0 Å². The van der Waals surface area contributed by atoms with E-state index < -0.39 is 15.8 Å². The SMILES string of the molecule is CCCc1cc(CC)c(S(C)(=O)=O)cc1C(=O)OC. The molecule has 0 aliphatic carbocycles. The molecule has 0 saturated heterocycles. The summed E-state index contributed by atoms with van der Waals surface area (Å²) in [5, 5.41) is 0. The Labute approximate surface area is 114 Å². The Morgan fingerprint density at radius 1 is 1.21 bits per heavy atom. The van der Waals surface area contributed by atoms with Gasteiger partial charge in [-0.15, -0.1) is 0 Å². The van der Waals surface area contributed by atoms with Crippen LogP contribution in [0.5, 0.6) is 0 Å². The second-order valence-electron chi connectivity index (χ2n) is 4.48. The highest BCUT2D eigenvalue weighted by Crippen LogP contribution is 2.24. The minimum atomic E-state index is -3.35. The topological polar surface area (TPSA) is 60.4 Å². The van der Waals surface area contributed by atoms with Crippen molar-refractivity contribution >= 4 is 15.8 Å². The number of benzene rings is 1. The van der Waals surface area contributed by atoms with Crippen molar-refractivity contribution in [1.82, 2.24) is 0 Å². The minimum Gasteiger partial charge on any atom is -0.465 e. The van der Waals surface area contributed by atoms with Gasteiger partial charge in [-0.1, -0.05) is 26.3 Å². The standard InChI is InChI=1S/C14H20O4S/c1-5-7-11-8-10(6-2)13(19(4,16)17)9-12(11)14(15)18-3/h8-9H,5-7H2,1-4H3. The Kier molecular flexibility index (Phi) is 5.11. The molecule has 0 aromatic heterocycles. The van der Waals surface area contributed by atoms with Crippen LogP contribution in [0.4, 0.5) is 0 Å². The molecule has 0 radical (unpaired) electrons. The molecule has 0 N–H and O–H groups in total. The summed E-state index contributed by atoms with van der Waals surface area (Å²) in [5.41, 5.74) is 1.94. The summed E-state index contributed by atoms with van der Waals surface area (Å²) in [7, 11) is -2.05. The van der Waals surface area contributed by atoms with Crippen molar-refractivity contribution in [2.24, 2.45) is 0 Å². The lowest BCUT2D eigenvalue weighted by Gasteiger charge is -2.13. The van der Waals surface area contributed by atoms with E-state index in [2.05, 4.69) is 0 Å². The van der Waals surface area contributed by atoms with Gasteiger partial charge in [-0.2, -0.15) is 0 Å². The van der Waals surface area contributed by atoms with Gasteiger partial charge in [0.15, 0.2) is 9.84 Å². The Morgan fingerprint density at radius 2 is 1.84 bits per heavy atom. The summed E-state index contributed by atoms with van der Waals surface area (Å²) in [6.45, 7) is 3.91. The van der Waals surface area contributed by atoms with E-state index in [1.54, 1.807) is 0 Å². The van der Waals surface area contributed by atoms with E-state index in [-0.39, 0.29) is 4.90 Å². The zero-order valence-electron chi connectivity index (χ0n) is 11.8. The molecule has 0 bridgehead atoms. The van der Waals surface area contributed by atoms with E-state index >= 15 is 0 Å². The minimum absolute atomic E-state index is 0.218. The Balaban J connectivity index is 3.56. The number of carbonyl (C=O) groups excluding carboxylic acids is 1. The first-order valence-corrected chi connectivity index (χ1v) is 8.18. The molecular weight excluding hydrogens is 264 g/mol. The molecule has 0 aliphatic rings. The van der Waals surface area contributed by atoms with Crippen LogP contribution >= 0.6 is 0 Å². The predicted molar refractivity (Wildman–Crippen MR) is 74.3 cm³/mol. The third kappa shape index (κ3) is 3.56. The van der Waals surface area contributed by atoms with E-state index in [4.69, 9.17) is 4.74 Å². The molecule has 0 unspecified atom stereocenters.